The molecule has 0 radical (unpaired) electrons. The van der Waals surface area contributed by atoms with Crippen LogP contribution >= 0.6 is 0 Å². The maximum absolute atomic E-state index is 12.8. The highest BCUT2D eigenvalue weighted by Gasteiger charge is 2.22. The van der Waals surface area contributed by atoms with E-state index >= 15 is 0 Å². The fourth-order valence-corrected chi connectivity index (χ4v) is 4.65. The summed E-state index contributed by atoms with van der Waals surface area (Å²) >= 11 is 0. The van der Waals surface area contributed by atoms with Crippen molar-refractivity contribution in [1.29, 1.82) is 0 Å². The predicted molar refractivity (Wildman–Crippen MR) is 97.3 cm³/mol. The van der Waals surface area contributed by atoms with Crippen LogP contribution in [0.25, 0.3) is 11.1 Å². The molecule has 0 amide bonds. The minimum absolute atomic E-state index is 0.348. The molecule has 1 unspecified atom stereocenters. The summed E-state index contributed by atoms with van der Waals surface area (Å²) in [4.78, 5) is 2.61. The van der Waals surface area contributed by atoms with E-state index in [0.717, 1.165) is 37.1 Å². The van der Waals surface area contributed by atoms with Crippen molar-refractivity contribution < 1.29 is 8.42 Å². The third-order valence-corrected chi connectivity index (χ3v) is 6.03. The SMILES string of the molecule is CN1CCCC(CNS(=O)(=O)c2ccccc2-c2ccccc2)C1. The Morgan fingerprint density at radius 1 is 1.08 bits per heavy atom. The molecule has 0 aliphatic carbocycles. The van der Waals surface area contributed by atoms with Crippen LogP contribution < -0.4 is 4.72 Å². The molecule has 0 aromatic heterocycles. The van der Waals surface area contributed by atoms with E-state index in [-0.39, 0.29) is 0 Å². The Morgan fingerprint density at radius 3 is 2.54 bits per heavy atom. The first-order chi connectivity index (χ1) is 11.6. The molecular weight excluding hydrogens is 320 g/mol. The van der Waals surface area contributed by atoms with Crippen LogP contribution in [0.2, 0.25) is 0 Å². The number of rotatable bonds is 5. The van der Waals surface area contributed by atoms with Gasteiger partial charge in [0.15, 0.2) is 0 Å². The van der Waals surface area contributed by atoms with Crippen molar-refractivity contribution >= 4 is 10.0 Å². The topological polar surface area (TPSA) is 49.4 Å². The van der Waals surface area contributed by atoms with Crippen LogP contribution in [0.15, 0.2) is 59.5 Å². The molecule has 4 nitrogen and oxygen atoms in total. The van der Waals surface area contributed by atoms with E-state index in [2.05, 4.69) is 16.7 Å². The number of hydrogen-bond acceptors (Lipinski definition) is 3. The van der Waals surface area contributed by atoms with Crippen molar-refractivity contribution in [2.45, 2.75) is 17.7 Å². The van der Waals surface area contributed by atoms with Crippen molar-refractivity contribution in [3.05, 3.63) is 54.6 Å². The Kier molecular flexibility index (Phi) is 5.33. The van der Waals surface area contributed by atoms with Gasteiger partial charge in [-0.05, 0) is 44.0 Å². The van der Waals surface area contributed by atoms with Gasteiger partial charge in [-0.15, -0.1) is 0 Å². The smallest absolute Gasteiger partial charge is 0.241 e. The number of nitrogens with one attached hydrogen (secondary N) is 1. The summed E-state index contributed by atoms with van der Waals surface area (Å²) < 4.78 is 28.5. The van der Waals surface area contributed by atoms with Gasteiger partial charge < -0.3 is 4.90 Å². The van der Waals surface area contributed by atoms with E-state index in [0.29, 0.717) is 17.4 Å². The lowest BCUT2D eigenvalue weighted by atomic mass is 9.99. The second-order valence-electron chi connectivity index (χ2n) is 6.48. The largest absolute Gasteiger partial charge is 0.306 e. The monoisotopic (exact) mass is 344 g/mol. The van der Waals surface area contributed by atoms with Gasteiger partial charge in [0.05, 0.1) is 4.90 Å². The normalized spacial score (nSPS) is 19.3. The Balaban J connectivity index is 1.80. The maximum Gasteiger partial charge on any atom is 0.241 e. The molecule has 1 fully saturated rings. The first-order valence-corrected chi connectivity index (χ1v) is 9.87. The van der Waals surface area contributed by atoms with E-state index in [1.54, 1.807) is 12.1 Å². The average Bonchev–Trinajstić information content (AvgIpc) is 2.61. The lowest BCUT2D eigenvalue weighted by Gasteiger charge is -2.29. The van der Waals surface area contributed by atoms with Crippen LogP contribution in [0, 0.1) is 5.92 Å². The predicted octanol–water partition coefficient (Wildman–Crippen LogP) is 2.97. The first kappa shape index (κ1) is 17.1. The maximum atomic E-state index is 12.8. The summed E-state index contributed by atoms with van der Waals surface area (Å²) in [6, 6.07) is 16.8. The lowest BCUT2D eigenvalue weighted by molar-refractivity contribution is 0.211. The van der Waals surface area contributed by atoms with Gasteiger partial charge in [0, 0.05) is 18.7 Å². The number of nitrogens with zero attached hydrogens (tertiary/aromatic N) is 1. The Bertz CT molecular complexity index is 775. The van der Waals surface area contributed by atoms with Crippen molar-refractivity contribution in [2.24, 2.45) is 5.92 Å². The number of benzene rings is 2. The van der Waals surface area contributed by atoms with Crippen LogP contribution in [0.1, 0.15) is 12.8 Å². The van der Waals surface area contributed by atoms with Crippen molar-refractivity contribution in [3.63, 3.8) is 0 Å². The zero-order valence-corrected chi connectivity index (χ0v) is 14.8. The Morgan fingerprint density at radius 2 is 1.79 bits per heavy atom. The molecule has 1 heterocycles. The van der Waals surface area contributed by atoms with Gasteiger partial charge in [0.2, 0.25) is 10.0 Å². The van der Waals surface area contributed by atoms with E-state index in [9.17, 15) is 8.42 Å². The van der Waals surface area contributed by atoms with Gasteiger partial charge in [-0.25, -0.2) is 13.1 Å². The van der Waals surface area contributed by atoms with E-state index in [4.69, 9.17) is 0 Å². The summed E-state index contributed by atoms with van der Waals surface area (Å²) in [7, 11) is -1.44. The molecule has 2 aromatic carbocycles. The molecule has 1 saturated heterocycles. The van der Waals surface area contributed by atoms with Crippen molar-refractivity contribution in [2.75, 3.05) is 26.7 Å². The van der Waals surface area contributed by atoms with Gasteiger partial charge in [-0.2, -0.15) is 0 Å². The second kappa shape index (κ2) is 7.47. The molecule has 0 bridgehead atoms. The molecule has 3 rings (SSSR count). The molecule has 1 aliphatic rings. The summed E-state index contributed by atoms with van der Waals surface area (Å²) in [5.74, 6) is 0.377. The fraction of sp³-hybridized carbons (Fsp3) is 0.368. The van der Waals surface area contributed by atoms with Gasteiger partial charge in [0.25, 0.3) is 0 Å². The minimum atomic E-state index is -3.52. The summed E-state index contributed by atoms with van der Waals surface area (Å²) in [5.41, 5.74) is 1.65. The number of likely N-dealkylation sites (tertiary alicyclic amines) is 1. The highest BCUT2D eigenvalue weighted by molar-refractivity contribution is 7.89. The number of sulfonamides is 1. The molecule has 5 heteroatoms. The van der Waals surface area contributed by atoms with Crippen molar-refractivity contribution in [3.8, 4) is 11.1 Å². The fourth-order valence-electron chi connectivity index (χ4n) is 3.30. The molecule has 1 atom stereocenters. The molecular formula is C19H24N2O2S. The third-order valence-electron chi connectivity index (χ3n) is 4.55. The van der Waals surface area contributed by atoms with Gasteiger partial charge >= 0.3 is 0 Å². The van der Waals surface area contributed by atoms with Gasteiger partial charge in [-0.1, -0.05) is 48.5 Å². The van der Waals surface area contributed by atoms with Crippen LogP contribution in [-0.2, 0) is 10.0 Å². The minimum Gasteiger partial charge on any atom is -0.306 e. The van der Waals surface area contributed by atoms with E-state index < -0.39 is 10.0 Å². The summed E-state index contributed by atoms with van der Waals surface area (Å²) in [5, 5.41) is 0. The summed E-state index contributed by atoms with van der Waals surface area (Å²) in [6.45, 7) is 2.54. The van der Waals surface area contributed by atoms with Gasteiger partial charge in [-0.3, -0.25) is 0 Å². The first-order valence-electron chi connectivity index (χ1n) is 8.39. The van der Waals surface area contributed by atoms with Crippen LogP contribution in [-0.4, -0.2) is 40.0 Å². The number of hydrogen-bond donors (Lipinski definition) is 1. The molecule has 0 saturated carbocycles. The molecule has 1 aliphatic heterocycles. The molecule has 24 heavy (non-hydrogen) atoms. The highest BCUT2D eigenvalue weighted by Crippen LogP contribution is 2.27. The highest BCUT2D eigenvalue weighted by atomic mass is 32.2. The molecule has 128 valence electrons. The molecule has 0 spiro atoms. The lowest BCUT2D eigenvalue weighted by Crippen LogP contribution is -2.39. The third kappa shape index (κ3) is 4.04. The van der Waals surface area contributed by atoms with Crippen LogP contribution in [0.4, 0.5) is 0 Å². The van der Waals surface area contributed by atoms with Crippen LogP contribution in [0.3, 0.4) is 0 Å². The second-order valence-corrected chi connectivity index (χ2v) is 8.22. The van der Waals surface area contributed by atoms with Crippen molar-refractivity contribution in [1.82, 2.24) is 9.62 Å². The molecule has 2 aromatic rings. The van der Waals surface area contributed by atoms with Gasteiger partial charge in [0.1, 0.15) is 0 Å². The zero-order valence-electron chi connectivity index (χ0n) is 14.0. The zero-order chi connectivity index (χ0) is 17.0. The number of piperidine rings is 1. The quantitative estimate of drug-likeness (QED) is 0.907. The van der Waals surface area contributed by atoms with E-state index in [1.165, 1.54) is 0 Å². The van der Waals surface area contributed by atoms with Crippen LogP contribution in [0.5, 0.6) is 0 Å². The van der Waals surface area contributed by atoms with E-state index in [1.807, 2.05) is 42.5 Å². The average molecular weight is 344 g/mol. The Labute approximate surface area is 144 Å². The summed E-state index contributed by atoms with van der Waals surface area (Å²) in [6.07, 6.45) is 2.21. The Hall–Kier alpha value is -1.69. The molecule has 1 N–H and O–H groups in total. The standard InChI is InChI=1S/C19H24N2O2S/c1-21-13-7-8-16(15-21)14-20-24(22,23)19-12-6-5-11-18(19)17-9-3-2-4-10-17/h2-6,9-12,16,20H,7-8,13-15H2,1H3.